The molecule has 0 saturated carbocycles. The Morgan fingerprint density at radius 1 is 1.21 bits per heavy atom. The first-order valence-electron chi connectivity index (χ1n) is 10.8. The molecule has 0 bridgehead atoms. The van der Waals surface area contributed by atoms with Gasteiger partial charge in [0.25, 0.3) is 0 Å². The average Bonchev–Trinajstić information content (AvgIpc) is 3.24. The number of aliphatic imine (C=N–C) groups is 1. The van der Waals surface area contributed by atoms with E-state index in [4.69, 9.17) is 9.26 Å². The summed E-state index contributed by atoms with van der Waals surface area (Å²) in [6.07, 6.45) is 4.52. The molecule has 1 aromatic heterocycles. The number of hydrogen-bond acceptors (Lipinski definition) is 4. The SMILES string of the molecule is CCC(CC)c1cc(CNC(=NC)NCC2CCCOC2c2ccccc2)on1. The topological polar surface area (TPSA) is 71.7 Å². The van der Waals surface area contributed by atoms with Gasteiger partial charge in [-0.25, -0.2) is 0 Å². The molecule has 158 valence electrons. The van der Waals surface area contributed by atoms with Crippen LogP contribution >= 0.6 is 0 Å². The first kappa shape index (κ1) is 21.4. The van der Waals surface area contributed by atoms with Gasteiger partial charge in [0.2, 0.25) is 0 Å². The van der Waals surface area contributed by atoms with Crippen LogP contribution in [0, 0.1) is 5.92 Å². The van der Waals surface area contributed by atoms with Crippen molar-refractivity contribution in [1.29, 1.82) is 0 Å². The van der Waals surface area contributed by atoms with Gasteiger partial charge in [0.1, 0.15) is 0 Å². The van der Waals surface area contributed by atoms with E-state index in [0.717, 1.165) is 56.2 Å². The molecule has 3 rings (SSSR count). The Kier molecular flexibility index (Phi) is 8.11. The molecule has 1 aliphatic rings. The van der Waals surface area contributed by atoms with Gasteiger partial charge in [-0.15, -0.1) is 0 Å². The van der Waals surface area contributed by atoms with Gasteiger partial charge in [-0.3, -0.25) is 4.99 Å². The van der Waals surface area contributed by atoms with E-state index in [2.05, 4.69) is 65.0 Å². The molecule has 1 aliphatic heterocycles. The summed E-state index contributed by atoms with van der Waals surface area (Å²) in [6, 6.07) is 12.5. The van der Waals surface area contributed by atoms with Crippen molar-refractivity contribution in [2.24, 2.45) is 10.9 Å². The average molecular weight is 399 g/mol. The fraction of sp³-hybridized carbons (Fsp3) is 0.565. The molecule has 2 heterocycles. The minimum Gasteiger partial charge on any atom is -0.373 e. The quantitative estimate of drug-likeness (QED) is 0.509. The van der Waals surface area contributed by atoms with Crippen LogP contribution in [0.25, 0.3) is 0 Å². The van der Waals surface area contributed by atoms with Crippen molar-refractivity contribution in [3.63, 3.8) is 0 Å². The van der Waals surface area contributed by atoms with Crippen molar-refractivity contribution in [3.8, 4) is 0 Å². The van der Waals surface area contributed by atoms with E-state index in [0.29, 0.717) is 18.4 Å². The molecular weight excluding hydrogens is 364 g/mol. The van der Waals surface area contributed by atoms with Gasteiger partial charge in [-0.05, 0) is 31.2 Å². The highest BCUT2D eigenvalue weighted by molar-refractivity contribution is 5.79. The van der Waals surface area contributed by atoms with Gasteiger partial charge in [0.05, 0.1) is 18.3 Å². The lowest BCUT2D eigenvalue weighted by Crippen LogP contribution is -2.41. The summed E-state index contributed by atoms with van der Waals surface area (Å²) in [5, 5.41) is 11.0. The number of benzene rings is 1. The smallest absolute Gasteiger partial charge is 0.191 e. The Balaban J connectivity index is 1.52. The highest BCUT2D eigenvalue weighted by Crippen LogP contribution is 2.33. The zero-order valence-electron chi connectivity index (χ0n) is 17.9. The monoisotopic (exact) mass is 398 g/mol. The lowest BCUT2D eigenvalue weighted by molar-refractivity contribution is -0.0265. The zero-order valence-corrected chi connectivity index (χ0v) is 17.9. The van der Waals surface area contributed by atoms with E-state index >= 15 is 0 Å². The van der Waals surface area contributed by atoms with Gasteiger partial charge in [0, 0.05) is 38.1 Å². The molecular formula is C23H34N4O2. The number of nitrogens with zero attached hydrogens (tertiary/aromatic N) is 2. The van der Waals surface area contributed by atoms with Crippen molar-refractivity contribution in [1.82, 2.24) is 15.8 Å². The van der Waals surface area contributed by atoms with Gasteiger partial charge in [0.15, 0.2) is 11.7 Å². The molecule has 0 radical (unpaired) electrons. The van der Waals surface area contributed by atoms with E-state index in [1.54, 1.807) is 7.05 Å². The molecule has 2 unspecified atom stereocenters. The number of nitrogens with one attached hydrogen (secondary N) is 2. The molecule has 1 fully saturated rings. The number of rotatable bonds is 8. The van der Waals surface area contributed by atoms with E-state index < -0.39 is 0 Å². The molecule has 2 N–H and O–H groups in total. The molecule has 6 nitrogen and oxygen atoms in total. The standard InChI is InChI=1S/C23H34N4O2/c1-4-17(5-2)21-14-20(29-27-21)16-26-23(24-3)25-15-19-12-9-13-28-22(19)18-10-7-6-8-11-18/h6-8,10-11,14,17,19,22H,4-5,9,12-13,15-16H2,1-3H3,(H2,24,25,26). The van der Waals surface area contributed by atoms with Crippen LogP contribution in [-0.2, 0) is 11.3 Å². The van der Waals surface area contributed by atoms with Crippen LogP contribution in [0.5, 0.6) is 0 Å². The van der Waals surface area contributed by atoms with Crippen molar-refractivity contribution in [2.75, 3.05) is 20.2 Å². The summed E-state index contributed by atoms with van der Waals surface area (Å²) in [5.41, 5.74) is 2.29. The maximum absolute atomic E-state index is 6.09. The van der Waals surface area contributed by atoms with E-state index in [1.807, 2.05) is 6.07 Å². The van der Waals surface area contributed by atoms with Crippen molar-refractivity contribution >= 4 is 5.96 Å². The third kappa shape index (κ3) is 5.82. The predicted molar refractivity (Wildman–Crippen MR) is 116 cm³/mol. The third-order valence-corrected chi connectivity index (χ3v) is 5.74. The molecule has 1 saturated heterocycles. The second kappa shape index (κ2) is 11.0. The number of ether oxygens (including phenoxy) is 1. The second-order valence-electron chi connectivity index (χ2n) is 7.64. The van der Waals surface area contributed by atoms with Crippen molar-refractivity contribution < 1.29 is 9.26 Å². The molecule has 29 heavy (non-hydrogen) atoms. The molecule has 0 spiro atoms. The summed E-state index contributed by atoms with van der Waals surface area (Å²) in [5.74, 6) is 2.48. The van der Waals surface area contributed by atoms with Gasteiger partial charge < -0.3 is 19.9 Å². The number of hydrogen-bond donors (Lipinski definition) is 2. The highest BCUT2D eigenvalue weighted by atomic mass is 16.5. The van der Waals surface area contributed by atoms with E-state index in [9.17, 15) is 0 Å². The summed E-state index contributed by atoms with van der Waals surface area (Å²) in [6.45, 7) is 6.58. The zero-order chi connectivity index (χ0) is 20.5. The second-order valence-corrected chi connectivity index (χ2v) is 7.64. The minimum absolute atomic E-state index is 0.132. The molecule has 6 heteroatoms. The molecule has 2 atom stereocenters. The lowest BCUT2D eigenvalue weighted by Gasteiger charge is -2.32. The first-order valence-corrected chi connectivity index (χ1v) is 10.8. The Morgan fingerprint density at radius 2 is 2.00 bits per heavy atom. The normalized spacial score (nSPS) is 20.1. The van der Waals surface area contributed by atoms with Crippen molar-refractivity contribution in [3.05, 3.63) is 53.4 Å². The largest absolute Gasteiger partial charge is 0.373 e. The fourth-order valence-corrected chi connectivity index (χ4v) is 3.99. The van der Waals surface area contributed by atoms with E-state index in [1.165, 1.54) is 5.56 Å². The number of aromatic nitrogens is 1. The van der Waals surface area contributed by atoms with Crippen LogP contribution in [0.4, 0.5) is 0 Å². The predicted octanol–water partition coefficient (Wildman–Crippen LogP) is 4.41. The minimum atomic E-state index is 0.132. The van der Waals surface area contributed by atoms with Gasteiger partial charge in [-0.1, -0.05) is 49.3 Å². The van der Waals surface area contributed by atoms with Gasteiger partial charge >= 0.3 is 0 Å². The maximum Gasteiger partial charge on any atom is 0.191 e. The first-order chi connectivity index (χ1) is 14.2. The molecule has 0 aliphatic carbocycles. The van der Waals surface area contributed by atoms with Gasteiger partial charge in [-0.2, -0.15) is 0 Å². The Hall–Kier alpha value is -2.34. The summed E-state index contributed by atoms with van der Waals surface area (Å²) >= 11 is 0. The fourth-order valence-electron chi connectivity index (χ4n) is 3.99. The van der Waals surface area contributed by atoms with Crippen LogP contribution < -0.4 is 10.6 Å². The Bertz CT molecular complexity index is 755. The van der Waals surface area contributed by atoms with E-state index in [-0.39, 0.29) is 6.10 Å². The molecule has 1 aromatic carbocycles. The van der Waals surface area contributed by atoms with Crippen LogP contribution in [-0.4, -0.2) is 31.3 Å². The maximum atomic E-state index is 6.09. The summed E-state index contributed by atoms with van der Waals surface area (Å²) in [7, 11) is 1.79. The van der Waals surface area contributed by atoms with Crippen LogP contribution in [0.15, 0.2) is 45.9 Å². The van der Waals surface area contributed by atoms with Crippen LogP contribution in [0.3, 0.4) is 0 Å². The Morgan fingerprint density at radius 3 is 2.72 bits per heavy atom. The molecule has 0 amide bonds. The summed E-state index contributed by atoms with van der Waals surface area (Å²) in [4.78, 5) is 4.35. The van der Waals surface area contributed by atoms with Crippen LogP contribution in [0.2, 0.25) is 0 Å². The third-order valence-electron chi connectivity index (χ3n) is 5.74. The highest BCUT2D eigenvalue weighted by Gasteiger charge is 2.27. The van der Waals surface area contributed by atoms with Crippen molar-refractivity contribution in [2.45, 2.75) is 58.1 Å². The van der Waals surface area contributed by atoms with Crippen LogP contribution in [0.1, 0.15) is 68.6 Å². The Labute approximate surface area is 174 Å². The summed E-state index contributed by atoms with van der Waals surface area (Å²) < 4.78 is 11.6. The molecule has 2 aromatic rings. The number of guanidine groups is 1. The lowest BCUT2D eigenvalue weighted by atomic mass is 9.89.